The fraction of sp³-hybridized carbons (Fsp3) is 1.00. The minimum atomic E-state index is -2.60. The molecule has 0 aliphatic heterocycles. The third kappa shape index (κ3) is 10.9. The summed E-state index contributed by atoms with van der Waals surface area (Å²) < 4.78 is 4.00. The molecule has 0 bridgehead atoms. The van der Waals surface area contributed by atoms with Gasteiger partial charge in [-0.05, 0) is 6.92 Å². The normalized spacial score (nSPS) is 8.57. The topological polar surface area (TPSA) is 55.3 Å². The van der Waals surface area contributed by atoms with Crippen molar-refractivity contribution in [1.82, 2.24) is 0 Å². The van der Waals surface area contributed by atoms with Crippen molar-refractivity contribution >= 4 is 8.60 Å². The monoisotopic (exact) mass is 171 g/mol. The van der Waals surface area contributed by atoms with Crippen molar-refractivity contribution in [3.05, 3.63) is 0 Å². The van der Waals surface area contributed by atoms with Gasteiger partial charge < -0.3 is 14.3 Å². The van der Waals surface area contributed by atoms with E-state index in [1.165, 1.54) is 0 Å². The Morgan fingerprint density at radius 1 is 1.57 bits per heavy atom. The fourth-order valence-corrected chi connectivity index (χ4v) is 0.316. The minimum Gasteiger partial charge on any atom is -0.820 e. The summed E-state index contributed by atoms with van der Waals surface area (Å²) in [6.07, 6.45) is 0. The van der Waals surface area contributed by atoms with Crippen molar-refractivity contribution in [2.24, 2.45) is 0 Å². The summed E-state index contributed by atoms with van der Waals surface area (Å²) >= 11 is 0. The molecule has 1 radical (unpaired) electrons. The standard InChI is InChI=1S/C2H5O3P.Cu/c1-2-5-6(3)4;/h2H2,1H3;/q-2;+2. The maximum atomic E-state index is 9.41. The molecule has 0 unspecified atom stereocenters. The van der Waals surface area contributed by atoms with Gasteiger partial charge in [-0.2, -0.15) is 8.60 Å². The van der Waals surface area contributed by atoms with Gasteiger partial charge in [0.1, 0.15) is 0 Å². The maximum absolute atomic E-state index is 9.41. The zero-order chi connectivity index (χ0) is 4.99. The molecule has 0 aromatic carbocycles. The van der Waals surface area contributed by atoms with Gasteiger partial charge in [0.25, 0.3) is 0 Å². The Balaban J connectivity index is 0. The minimum absolute atomic E-state index is 0. The summed E-state index contributed by atoms with van der Waals surface area (Å²) in [5, 5.41) is 0. The summed E-state index contributed by atoms with van der Waals surface area (Å²) in [7, 11) is -2.60. The molecule has 5 heteroatoms. The van der Waals surface area contributed by atoms with E-state index in [0.29, 0.717) is 0 Å². The Kier molecular flexibility index (Phi) is 10.5. The van der Waals surface area contributed by atoms with Gasteiger partial charge in [0.05, 0.1) is 0 Å². The smallest absolute Gasteiger partial charge is 0.820 e. The summed E-state index contributed by atoms with van der Waals surface area (Å²) in [5.41, 5.74) is 0. The molecule has 0 aliphatic carbocycles. The van der Waals surface area contributed by atoms with Crippen molar-refractivity contribution in [3.63, 3.8) is 0 Å². The van der Waals surface area contributed by atoms with E-state index in [-0.39, 0.29) is 23.7 Å². The molecule has 0 aliphatic rings. The van der Waals surface area contributed by atoms with Crippen molar-refractivity contribution in [3.8, 4) is 0 Å². The first kappa shape index (κ1) is 10.7. The van der Waals surface area contributed by atoms with Crippen molar-refractivity contribution in [2.75, 3.05) is 6.61 Å². The summed E-state index contributed by atoms with van der Waals surface area (Å²) in [4.78, 5) is 18.8. The van der Waals surface area contributed by atoms with Crippen LogP contribution in [0.25, 0.3) is 0 Å². The van der Waals surface area contributed by atoms with Crippen LogP contribution in [0.4, 0.5) is 0 Å². The van der Waals surface area contributed by atoms with Gasteiger partial charge in [-0.1, -0.05) is 0 Å². The quantitative estimate of drug-likeness (QED) is 0.394. The fourth-order valence-electron chi connectivity index (χ4n) is 0.105. The number of rotatable bonds is 2. The van der Waals surface area contributed by atoms with Gasteiger partial charge in [-0.25, -0.2) is 0 Å². The van der Waals surface area contributed by atoms with E-state index in [1.807, 2.05) is 0 Å². The van der Waals surface area contributed by atoms with Crippen LogP contribution in [-0.4, -0.2) is 6.61 Å². The van der Waals surface area contributed by atoms with Gasteiger partial charge in [0.15, 0.2) is 0 Å². The van der Waals surface area contributed by atoms with Crippen molar-refractivity contribution in [2.45, 2.75) is 6.92 Å². The van der Waals surface area contributed by atoms with Crippen LogP contribution in [0.3, 0.4) is 0 Å². The van der Waals surface area contributed by atoms with Gasteiger partial charge in [-0.3, -0.25) is 0 Å². The molecule has 0 rings (SSSR count). The van der Waals surface area contributed by atoms with Crippen LogP contribution in [0.2, 0.25) is 0 Å². The first-order valence-corrected chi connectivity index (χ1v) is 2.64. The van der Waals surface area contributed by atoms with Crippen LogP contribution in [-0.2, 0) is 21.6 Å². The van der Waals surface area contributed by atoms with Gasteiger partial charge in [-0.15, -0.1) is 0 Å². The van der Waals surface area contributed by atoms with E-state index < -0.39 is 8.60 Å². The zero-order valence-corrected chi connectivity index (χ0v) is 5.52. The van der Waals surface area contributed by atoms with Crippen LogP contribution >= 0.6 is 8.60 Å². The average molecular weight is 172 g/mol. The van der Waals surface area contributed by atoms with Gasteiger partial charge >= 0.3 is 17.1 Å². The van der Waals surface area contributed by atoms with Crippen LogP contribution < -0.4 is 9.79 Å². The Hall–Kier alpha value is 0.829. The molecule has 3 nitrogen and oxygen atoms in total. The van der Waals surface area contributed by atoms with E-state index in [1.54, 1.807) is 6.92 Å². The molecule has 0 fully saturated rings. The molecule has 0 aromatic rings. The molecule has 0 atom stereocenters. The SMILES string of the molecule is CCOP([O-])[O-].[Cu+2]. The molecule has 0 saturated heterocycles. The second kappa shape index (κ2) is 6.83. The second-order valence-corrected chi connectivity index (χ2v) is 1.35. The zero-order valence-electron chi connectivity index (χ0n) is 3.68. The molecule has 7 heavy (non-hydrogen) atoms. The van der Waals surface area contributed by atoms with Crippen LogP contribution in [0.5, 0.6) is 0 Å². The molecule has 0 spiro atoms. The van der Waals surface area contributed by atoms with E-state index in [9.17, 15) is 9.79 Å². The van der Waals surface area contributed by atoms with E-state index >= 15 is 0 Å². The summed E-state index contributed by atoms with van der Waals surface area (Å²) in [6.45, 7) is 1.85. The van der Waals surface area contributed by atoms with Crippen LogP contribution in [0, 0.1) is 0 Å². The van der Waals surface area contributed by atoms with E-state index in [0.717, 1.165) is 0 Å². The third-order valence-corrected chi connectivity index (χ3v) is 0.704. The number of hydrogen-bond acceptors (Lipinski definition) is 3. The summed E-state index contributed by atoms with van der Waals surface area (Å²) in [6, 6.07) is 0. The molecule has 0 amide bonds. The predicted octanol–water partition coefficient (Wildman–Crippen LogP) is -1.03. The van der Waals surface area contributed by atoms with Crippen molar-refractivity contribution < 1.29 is 31.4 Å². The van der Waals surface area contributed by atoms with E-state index in [2.05, 4.69) is 4.52 Å². The largest absolute Gasteiger partial charge is 2.00 e. The maximum Gasteiger partial charge on any atom is 2.00 e. The predicted molar refractivity (Wildman–Crippen MR) is 18.5 cm³/mol. The summed E-state index contributed by atoms with van der Waals surface area (Å²) in [5.74, 6) is 0. The van der Waals surface area contributed by atoms with Gasteiger partial charge in [0, 0.05) is 6.61 Å². The Morgan fingerprint density at radius 2 is 2.00 bits per heavy atom. The first-order chi connectivity index (χ1) is 2.77. The third-order valence-electron chi connectivity index (χ3n) is 0.235. The van der Waals surface area contributed by atoms with Crippen molar-refractivity contribution in [1.29, 1.82) is 0 Å². The Labute approximate surface area is 54.2 Å². The number of hydrogen-bond donors (Lipinski definition) is 0. The molecule has 0 saturated carbocycles. The average Bonchev–Trinajstić information content (AvgIpc) is 1.35. The van der Waals surface area contributed by atoms with Gasteiger partial charge in [0.2, 0.25) is 0 Å². The molecule has 0 aromatic heterocycles. The van der Waals surface area contributed by atoms with E-state index in [4.69, 9.17) is 0 Å². The molecule has 47 valence electrons. The van der Waals surface area contributed by atoms with Crippen LogP contribution in [0.1, 0.15) is 6.92 Å². The molecular weight excluding hydrogens is 167 g/mol. The molecular formula is C2H5CuO3P. The second-order valence-electron chi connectivity index (χ2n) is 0.641. The Bertz CT molecular complexity index is 34.1. The Morgan fingerprint density at radius 3 is 2.00 bits per heavy atom. The molecule has 0 N–H and O–H groups in total. The first-order valence-electron chi connectivity index (χ1n) is 1.54. The molecule has 0 heterocycles. The van der Waals surface area contributed by atoms with Crippen LogP contribution in [0.15, 0.2) is 0 Å².